The lowest BCUT2D eigenvalue weighted by Gasteiger charge is -2.42. The summed E-state index contributed by atoms with van der Waals surface area (Å²) in [7, 11) is 0. The predicted molar refractivity (Wildman–Crippen MR) is 84.5 cm³/mol. The summed E-state index contributed by atoms with van der Waals surface area (Å²) in [6, 6.07) is 8.14. The van der Waals surface area contributed by atoms with Crippen LogP contribution in [-0.2, 0) is 0 Å². The van der Waals surface area contributed by atoms with E-state index in [1.54, 1.807) is 17.6 Å². The summed E-state index contributed by atoms with van der Waals surface area (Å²) in [6.45, 7) is 3.34. The summed E-state index contributed by atoms with van der Waals surface area (Å²) in [5.41, 5.74) is 0.492. The van der Waals surface area contributed by atoms with Crippen molar-refractivity contribution in [2.24, 2.45) is 5.41 Å². The fraction of sp³-hybridized carbons (Fsp3) is 0.500. The molecule has 2 aromatic rings. The highest BCUT2D eigenvalue weighted by Gasteiger charge is 2.35. The van der Waals surface area contributed by atoms with Gasteiger partial charge in [-0.1, -0.05) is 24.9 Å². The van der Waals surface area contributed by atoms with E-state index in [9.17, 15) is 0 Å². The van der Waals surface area contributed by atoms with Gasteiger partial charge in [-0.25, -0.2) is 0 Å². The smallest absolute Gasteiger partial charge is 0.126 e. The first-order valence-corrected chi connectivity index (χ1v) is 8.44. The zero-order chi connectivity index (χ0) is 14.0. The van der Waals surface area contributed by atoms with Crippen LogP contribution >= 0.6 is 22.9 Å². The first-order chi connectivity index (χ1) is 9.72. The molecule has 20 heavy (non-hydrogen) atoms. The first kappa shape index (κ1) is 14.2. The molecule has 1 fully saturated rings. The van der Waals surface area contributed by atoms with Gasteiger partial charge in [-0.2, -0.15) is 0 Å². The van der Waals surface area contributed by atoms with Crippen LogP contribution in [0, 0.1) is 5.41 Å². The monoisotopic (exact) mass is 309 g/mol. The highest BCUT2D eigenvalue weighted by atomic mass is 35.5. The van der Waals surface area contributed by atoms with Crippen molar-refractivity contribution < 1.29 is 4.42 Å². The summed E-state index contributed by atoms with van der Waals surface area (Å²) in [5, 5.41) is 3.70. The van der Waals surface area contributed by atoms with E-state index in [-0.39, 0.29) is 6.04 Å². The number of halogens is 1. The highest BCUT2D eigenvalue weighted by molar-refractivity contribution is 7.16. The third kappa shape index (κ3) is 2.80. The molecule has 0 aromatic carbocycles. The van der Waals surface area contributed by atoms with E-state index >= 15 is 0 Å². The number of rotatable bonds is 6. The topological polar surface area (TPSA) is 25.2 Å². The molecule has 0 amide bonds. The highest BCUT2D eigenvalue weighted by Crippen LogP contribution is 2.44. The van der Waals surface area contributed by atoms with Crippen molar-refractivity contribution >= 4 is 22.9 Å². The van der Waals surface area contributed by atoms with Crippen molar-refractivity contribution in [2.75, 3.05) is 6.54 Å². The maximum atomic E-state index is 6.08. The molecule has 0 spiro atoms. The molecule has 108 valence electrons. The maximum absolute atomic E-state index is 6.08. The van der Waals surface area contributed by atoms with E-state index in [4.69, 9.17) is 16.0 Å². The van der Waals surface area contributed by atoms with Gasteiger partial charge in [0.1, 0.15) is 11.8 Å². The molecular formula is C16H20ClNOS. The molecule has 0 radical (unpaired) electrons. The van der Waals surface area contributed by atoms with E-state index in [0.29, 0.717) is 5.41 Å². The van der Waals surface area contributed by atoms with E-state index in [2.05, 4.69) is 18.3 Å². The number of hydrogen-bond acceptors (Lipinski definition) is 3. The van der Waals surface area contributed by atoms with Crippen LogP contribution in [0.5, 0.6) is 0 Å². The summed E-state index contributed by atoms with van der Waals surface area (Å²) in [6.07, 6.45) is 7.03. The lowest BCUT2D eigenvalue weighted by atomic mass is 9.67. The molecule has 1 aliphatic rings. The maximum Gasteiger partial charge on any atom is 0.126 e. The van der Waals surface area contributed by atoms with Crippen molar-refractivity contribution in [3.05, 3.63) is 45.5 Å². The van der Waals surface area contributed by atoms with Crippen LogP contribution in [0.1, 0.15) is 49.3 Å². The fourth-order valence-corrected chi connectivity index (χ4v) is 4.08. The summed E-state index contributed by atoms with van der Waals surface area (Å²) < 4.78 is 6.44. The summed E-state index contributed by atoms with van der Waals surface area (Å²) >= 11 is 7.70. The zero-order valence-corrected chi connectivity index (χ0v) is 13.3. The molecule has 3 rings (SSSR count). The van der Waals surface area contributed by atoms with E-state index in [1.165, 1.54) is 30.6 Å². The summed E-state index contributed by atoms with van der Waals surface area (Å²) in [4.78, 5) is 1.22. The van der Waals surface area contributed by atoms with Gasteiger partial charge < -0.3 is 9.73 Å². The van der Waals surface area contributed by atoms with Gasteiger partial charge in [-0.3, -0.25) is 0 Å². The molecule has 2 aromatic heterocycles. The van der Waals surface area contributed by atoms with Gasteiger partial charge in [0.2, 0.25) is 0 Å². The SMILES string of the molecule is CCC1(CNC(c2ccco2)c2ccc(Cl)s2)CCC1. The quantitative estimate of drug-likeness (QED) is 0.788. The predicted octanol–water partition coefficient (Wildman–Crippen LogP) is 5.25. The van der Waals surface area contributed by atoms with Gasteiger partial charge in [0, 0.05) is 11.4 Å². The zero-order valence-electron chi connectivity index (χ0n) is 11.7. The number of furan rings is 1. The molecular weight excluding hydrogens is 290 g/mol. The molecule has 4 heteroatoms. The Morgan fingerprint density at radius 2 is 2.25 bits per heavy atom. The number of hydrogen-bond donors (Lipinski definition) is 1. The van der Waals surface area contributed by atoms with Crippen LogP contribution in [0.15, 0.2) is 34.9 Å². The molecule has 0 saturated heterocycles. The minimum atomic E-state index is 0.117. The van der Waals surface area contributed by atoms with Gasteiger partial charge in [0.15, 0.2) is 0 Å². The Bertz CT molecular complexity index is 539. The Labute approximate surface area is 129 Å². The van der Waals surface area contributed by atoms with Gasteiger partial charge in [0.05, 0.1) is 10.6 Å². The van der Waals surface area contributed by atoms with Crippen LogP contribution < -0.4 is 5.32 Å². The average Bonchev–Trinajstić information content (AvgIpc) is 3.05. The lowest BCUT2D eigenvalue weighted by molar-refractivity contribution is 0.120. The molecule has 0 aliphatic heterocycles. The second-order valence-electron chi connectivity index (χ2n) is 5.68. The van der Waals surface area contributed by atoms with Crippen molar-refractivity contribution in [1.82, 2.24) is 5.32 Å². The van der Waals surface area contributed by atoms with Crippen molar-refractivity contribution in [1.29, 1.82) is 0 Å². The second kappa shape index (κ2) is 5.92. The van der Waals surface area contributed by atoms with E-state index < -0.39 is 0 Å². The minimum absolute atomic E-state index is 0.117. The van der Waals surface area contributed by atoms with Crippen LogP contribution in [0.25, 0.3) is 0 Å². The van der Waals surface area contributed by atoms with Crippen molar-refractivity contribution in [2.45, 2.75) is 38.6 Å². The minimum Gasteiger partial charge on any atom is -0.467 e. The molecule has 2 heterocycles. The molecule has 1 atom stereocenters. The molecule has 1 saturated carbocycles. The molecule has 2 nitrogen and oxygen atoms in total. The second-order valence-corrected chi connectivity index (χ2v) is 7.42. The summed E-state index contributed by atoms with van der Waals surface area (Å²) in [5.74, 6) is 0.967. The Balaban J connectivity index is 1.76. The molecule has 1 N–H and O–H groups in total. The third-order valence-corrected chi connectivity index (χ3v) is 5.85. The van der Waals surface area contributed by atoms with Gasteiger partial charge in [-0.15, -0.1) is 11.3 Å². The number of nitrogens with one attached hydrogen (secondary N) is 1. The van der Waals surface area contributed by atoms with Crippen LogP contribution in [0.2, 0.25) is 4.34 Å². The molecule has 1 unspecified atom stereocenters. The Morgan fingerprint density at radius 3 is 2.75 bits per heavy atom. The van der Waals surface area contributed by atoms with Gasteiger partial charge >= 0.3 is 0 Å². The first-order valence-electron chi connectivity index (χ1n) is 7.24. The van der Waals surface area contributed by atoms with Crippen LogP contribution in [0.4, 0.5) is 0 Å². The lowest BCUT2D eigenvalue weighted by Crippen LogP contribution is -2.40. The molecule has 0 bridgehead atoms. The number of thiophene rings is 1. The van der Waals surface area contributed by atoms with Gasteiger partial charge in [0.25, 0.3) is 0 Å². The Kier molecular flexibility index (Phi) is 4.20. The van der Waals surface area contributed by atoms with Gasteiger partial charge in [-0.05, 0) is 48.9 Å². The Morgan fingerprint density at radius 1 is 1.40 bits per heavy atom. The van der Waals surface area contributed by atoms with E-state index in [0.717, 1.165) is 16.6 Å². The fourth-order valence-electron chi connectivity index (χ4n) is 2.93. The van der Waals surface area contributed by atoms with E-state index in [1.807, 2.05) is 18.2 Å². The largest absolute Gasteiger partial charge is 0.467 e. The average molecular weight is 310 g/mol. The standard InChI is InChI=1S/C16H20ClNOS/c1-2-16(8-4-9-16)11-18-15(12-5-3-10-19-12)13-6-7-14(17)20-13/h3,5-7,10,15,18H,2,4,8-9,11H2,1H3. The molecule has 1 aliphatic carbocycles. The van der Waals surface area contributed by atoms with Crippen molar-refractivity contribution in [3.8, 4) is 0 Å². The normalized spacial score (nSPS) is 18.7. The Hall–Kier alpha value is -0.770. The third-order valence-electron chi connectivity index (χ3n) is 4.55. The van der Waals surface area contributed by atoms with Crippen LogP contribution in [0.3, 0.4) is 0 Å². The van der Waals surface area contributed by atoms with Crippen molar-refractivity contribution in [3.63, 3.8) is 0 Å². The van der Waals surface area contributed by atoms with Crippen LogP contribution in [-0.4, -0.2) is 6.54 Å².